The van der Waals surface area contributed by atoms with Crippen LogP contribution in [0.1, 0.15) is 36.8 Å². The largest absolute Gasteiger partial charge is 0.361 e. The average Bonchev–Trinajstić information content (AvgIpc) is 3.34. The highest BCUT2D eigenvalue weighted by Crippen LogP contribution is 2.33. The van der Waals surface area contributed by atoms with Gasteiger partial charge in [0.2, 0.25) is 17.8 Å². The van der Waals surface area contributed by atoms with Crippen molar-refractivity contribution < 1.29 is 13.6 Å². The third-order valence-electron chi connectivity index (χ3n) is 7.30. The molecule has 0 spiro atoms. The summed E-state index contributed by atoms with van der Waals surface area (Å²) in [7, 11) is 1.79. The Morgan fingerprint density at radius 1 is 1.07 bits per heavy atom. The summed E-state index contributed by atoms with van der Waals surface area (Å²) >= 11 is 11.1. The summed E-state index contributed by atoms with van der Waals surface area (Å²) in [4.78, 5) is 22.2. The van der Waals surface area contributed by atoms with Gasteiger partial charge in [0, 0.05) is 47.2 Å². The maximum absolute atomic E-state index is 13.8. The monoisotopic (exact) mass is 585 g/mol. The molecule has 4 aromatic rings. The Bertz CT molecular complexity index is 1460. The minimum Gasteiger partial charge on any atom is -0.361 e. The Morgan fingerprint density at radius 2 is 1.77 bits per heavy atom. The number of nitrogens with two attached hydrogens (primary N) is 2. The Labute approximate surface area is 243 Å². The Morgan fingerprint density at radius 3 is 2.50 bits per heavy atom. The van der Waals surface area contributed by atoms with Gasteiger partial charge in [0.05, 0.1) is 11.1 Å². The van der Waals surface area contributed by atoms with E-state index >= 15 is 0 Å². The number of hydrogen-bond acceptors (Lipinski definition) is 5. The quantitative estimate of drug-likeness (QED) is 0.0943. The molecule has 1 unspecified atom stereocenters. The molecule has 6 nitrogen and oxygen atoms in total. The number of aryl methyl sites for hydroxylation is 1. The van der Waals surface area contributed by atoms with Crippen LogP contribution in [-0.2, 0) is 17.6 Å². The van der Waals surface area contributed by atoms with Crippen molar-refractivity contribution in [1.29, 1.82) is 0 Å². The number of rotatable bonds is 12. The number of aromatic nitrogens is 2. The molecule has 0 fully saturated rings. The highest BCUT2D eigenvalue weighted by atomic mass is 35.5. The molecular formula is C30H34ClF2N5OS. The van der Waals surface area contributed by atoms with Crippen LogP contribution in [0.3, 0.4) is 0 Å². The number of amides is 1. The first-order valence-corrected chi connectivity index (χ1v) is 14.1. The van der Waals surface area contributed by atoms with Gasteiger partial charge in [-0.3, -0.25) is 4.79 Å². The zero-order valence-electron chi connectivity index (χ0n) is 22.3. The van der Waals surface area contributed by atoms with Crippen LogP contribution in [0.25, 0.3) is 22.0 Å². The molecule has 0 saturated carbocycles. The normalized spacial score (nSPS) is 13.0. The van der Waals surface area contributed by atoms with Crippen molar-refractivity contribution in [2.45, 2.75) is 55.5 Å². The summed E-state index contributed by atoms with van der Waals surface area (Å²) in [5.41, 5.74) is 15.7. The van der Waals surface area contributed by atoms with Crippen molar-refractivity contribution in [2.75, 3.05) is 13.6 Å². The van der Waals surface area contributed by atoms with E-state index in [4.69, 9.17) is 23.1 Å². The van der Waals surface area contributed by atoms with Crippen molar-refractivity contribution in [3.63, 3.8) is 0 Å². The van der Waals surface area contributed by atoms with Gasteiger partial charge < -0.3 is 21.4 Å². The predicted octanol–water partition coefficient (Wildman–Crippen LogP) is 5.91. The van der Waals surface area contributed by atoms with Gasteiger partial charge in [-0.2, -0.15) is 13.8 Å². The van der Waals surface area contributed by atoms with Crippen molar-refractivity contribution in [3.8, 4) is 11.1 Å². The minimum absolute atomic E-state index is 0.123. The second kappa shape index (κ2) is 13.6. The molecule has 0 radical (unpaired) electrons. The van der Waals surface area contributed by atoms with E-state index in [1.54, 1.807) is 18.0 Å². The lowest BCUT2D eigenvalue weighted by molar-refractivity contribution is -0.133. The van der Waals surface area contributed by atoms with E-state index in [9.17, 15) is 13.6 Å². The zero-order chi connectivity index (χ0) is 28.8. The van der Waals surface area contributed by atoms with E-state index in [-0.39, 0.29) is 11.9 Å². The minimum atomic E-state index is -0.913. The van der Waals surface area contributed by atoms with Crippen LogP contribution in [0.5, 0.6) is 0 Å². The standard InChI is InChI=1S/C30H34ClF2N5OS/c1-38(30(39)25(35)7-4-5-11-34)22(13-21-17-36-26-8-3-2-6-23(21)26)10-9-18-12-19(14-24(31)29(18)40)20-15-27(32)37-28(33)16-20/h2-3,6,8,12,14-17,22,25,36,40H,4-5,7,9-11,13,34-35H2,1H3/t22?,25-/m0/s1. The van der Waals surface area contributed by atoms with Crippen molar-refractivity contribution in [3.05, 3.63) is 82.8 Å². The zero-order valence-corrected chi connectivity index (χ0v) is 24.0. The fraction of sp³-hybridized carbons (Fsp3) is 0.333. The van der Waals surface area contributed by atoms with Crippen LogP contribution in [0, 0.1) is 11.9 Å². The molecule has 1 amide bonds. The Balaban J connectivity index is 1.61. The van der Waals surface area contributed by atoms with Crippen LogP contribution in [0.2, 0.25) is 5.02 Å². The van der Waals surface area contributed by atoms with E-state index in [2.05, 4.69) is 28.7 Å². The summed E-state index contributed by atoms with van der Waals surface area (Å²) < 4.78 is 27.6. The van der Waals surface area contributed by atoms with E-state index < -0.39 is 17.9 Å². The molecule has 0 aliphatic heterocycles. The van der Waals surface area contributed by atoms with Gasteiger partial charge in [-0.15, -0.1) is 12.6 Å². The first kappa shape index (κ1) is 30.0. The third-order valence-corrected chi connectivity index (χ3v) is 8.26. The van der Waals surface area contributed by atoms with Gasteiger partial charge in [-0.25, -0.2) is 0 Å². The summed E-state index contributed by atoms with van der Waals surface area (Å²) in [5, 5.41) is 1.47. The number of nitrogens with one attached hydrogen (secondary N) is 1. The fourth-order valence-electron chi connectivity index (χ4n) is 5.03. The van der Waals surface area contributed by atoms with E-state index in [1.165, 1.54) is 0 Å². The number of carbonyl (C=O) groups excluding carboxylic acids is 1. The number of H-pyrrole nitrogens is 1. The van der Waals surface area contributed by atoms with Crippen molar-refractivity contribution >= 4 is 41.0 Å². The number of pyridine rings is 1. The number of para-hydroxylation sites is 1. The average molecular weight is 586 g/mol. The van der Waals surface area contributed by atoms with Crippen LogP contribution >= 0.6 is 24.2 Å². The third kappa shape index (κ3) is 7.20. The topological polar surface area (TPSA) is 101 Å². The van der Waals surface area contributed by atoms with Crippen LogP contribution < -0.4 is 11.5 Å². The lowest BCUT2D eigenvalue weighted by Crippen LogP contribution is -2.47. The molecule has 40 heavy (non-hydrogen) atoms. The molecule has 0 aliphatic rings. The van der Waals surface area contributed by atoms with Gasteiger partial charge in [-0.05, 0) is 79.1 Å². The smallest absolute Gasteiger partial charge is 0.239 e. The lowest BCUT2D eigenvalue weighted by Gasteiger charge is -2.31. The molecular weight excluding hydrogens is 552 g/mol. The number of aromatic amines is 1. The number of benzene rings is 2. The maximum atomic E-state index is 13.8. The Hall–Kier alpha value is -2.98. The van der Waals surface area contributed by atoms with Gasteiger partial charge in [0.15, 0.2) is 0 Å². The molecule has 2 aromatic carbocycles. The SMILES string of the molecule is CN(C(=O)[C@@H](N)CCCCN)C(CCc1cc(-c2cc(F)nc(F)c2)cc(Cl)c1S)Cc1c[nH]c2ccccc12. The molecule has 0 saturated heterocycles. The van der Waals surface area contributed by atoms with Crippen LogP contribution in [0.15, 0.2) is 59.6 Å². The molecule has 212 valence electrons. The second-order valence-corrected chi connectivity index (χ2v) is 10.9. The molecule has 0 aliphatic carbocycles. The molecule has 10 heteroatoms. The molecule has 5 N–H and O–H groups in total. The highest BCUT2D eigenvalue weighted by molar-refractivity contribution is 7.80. The summed E-state index contributed by atoms with van der Waals surface area (Å²) in [6, 6.07) is 13.0. The van der Waals surface area contributed by atoms with Crippen LogP contribution in [0.4, 0.5) is 8.78 Å². The van der Waals surface area contributed by atoms with Gasteiger partial charge in [0.1, 0.15) is 0 Å². The summed E-state index contributed by atoms with van der Waals surface area (Å²) in [6.07, 6.45) is 5.87. The van der Waals surface area contributed by atoms with E-state index in [1.807, 2.05) is 30.5 Å². The maximum Gasteiger partial charge on any atom is 0.239 e. The number of thiol groups is 1. The number of carbonyl (C=O) groups is 1. The molecule has 2 aromatic heterocycles. The highest BCUT2D eigenvalue weighted by Gasteiger charge is 2.26. The first-order chi connectivity index (χ1) is 19.2. The van der Waals surface area contributed by atoms with Crippen molar-refractivity contribution in [2.24, 2.45) is 11.5 Å². The van der Waals surface area contributed by atoms with Gasteiger partial charge in [0.25, 0.3) is 0 Å². The van der Waals surface area contributed by atoms with E-state index in [0.29, 0.717) is 53.3 Å². The number of hydrogen-bond donors (Lipinski definition) is 4. The molecule has 4 rings (SSSR count). The summed E-state index contributed by atoms with van der Waals surface area (Å²) in [6.45, 7) is 0.562. The summed E-state index contributed by atoms with van der Waals surface area (Å²) in [5.74, 6) is -1.95. The molecule has 2 atom stereocenters. The number of nitrogens with zero attached hydrogens (tertiary/aromatic N) is 2. The number of unbranched alkanes of at least 4 members (excludes halogenated alkanes) is 1. The van der Waals surface area contributed by atoms with Crippen molar-refractivity contribution in [1.82, 2.24) is 14.9 Å². The molecule has 2 heterocycles. The fourth-order valence-corrected chi connectivity index (χ4v) is 5.51. The molecule has 0 bridgehead atoms. The number of fused-ring (bicyclic) bond motifs is 1. The first-order valence-electron chi connectivity index (χ1n) is 13.3. The predicted molar refractivity (Wildman–Crippen MR) is 160 cm³/mol. The second-order valence-electron chi connectivity index (χ2n) is 10.1. The van der Waals surface area contributed by atoms with Gasteiger partial charge >= 0.3 is 0 Å². The van der Waals surface area contributed by atoms with E-state index in [0.717, 1.165) is 47.0 Å². The Kier molecular flexibility index (Phi) is 10.2. The lowest BCUT2D eigenvalue weighted by atomic mass is 9.95. The van der Waals surface area contributed by atoms with Crippen LogP contribution in [-0.4, -0.2) is 46.5 Å². The number of halogens is 3. The van der Waals surface area contributed by atoms with Gasteiger partial charge in [-0.1, -0.05) is 36.2 Å². The number of likely N-dealkylation sites (N-methyl/N-ethyl adjacent to an activating group) is 1.